The van der Waals surface area contributed by atoms with Gasteiger partial charge in [-0.25, -0.2) is 4.79 Å². The second-order valence-electron chi connectivity index (χ2n) is 6.85. The van der Waals surface area contributed by atoms with Crippen molar-refractivity contribution in [2.75, 3.05) is 52.5 Å². The molecule has 0 aliphatic carbocycles. The molecule has 0 saturated carbocycles. The van der Waals surface area contributed by atoms with E-state index in [4.69, 9.17) is 9.26 Å². The highest BCUT2D eigenvalue weighted by Crippen LogP contribution is 2.11. The maximum atomic E-state index is 12.5. The number of carbonyl (C=O) groups excluding carboxylic acids is 1. The van der Waals surface area contributed by atoms with Gasteiger partial charge in [0.15, 0.2) is 5.82 Å². The number of nitrogens with zero attached hydrogens (tertiary/aromatic N) is 5. The van der Waals surface area contributed by atoms with Crippen molar-refractivity contribution in [1.29, 1.82) is 0 Å². The molecule has 0 spiro atoms. The van der Waals surface area contributed by atoms with E-state index < -0.39 is 0 Å². The van der Waals surface area contributed by atoms with E-state index in [1.165, 1.54) is 0 Å². The molecule has 3 heterocycles. The summed E-state index contributed by atoms with van der Waals surface area (Å²) in [7, 11) is 0. The number of carbonyl (C=O) groups is 1. The number of ether oxygens (including phenoxy) is 1. The molecule has 3 rings (SSSR count). The Balaban J connectivity index is 1.44. The molecule has 8 heteroatoms. The quantitative estimate of drug-likeness (QED) is 0.810. The minimum absolute atomic E-state index is 0.134. The van der Waals surface area contributed by atoms with Crippen molar-refractivity contribution in [2.45, 2.75) is 26.8 Å². The van der Waals surface area contributed by atoms with Gasteiger partial charge in [-0.3, -0.25) is 4.90 Å². The molecular weight excluding hydrogens is 310 g/mol. The van der Waals surface area contributed by atoms with E-state index in [0.29, 0.717) is 44.7 Å². The number of piperazine rings is 1. The van der Waals surface area contributed by atoms with Crippen molar-refractivity contribution in [3.63, 3.8) is 0 Å². The van der Waals surface area contributed by atoms with Crippen molar-refractivity contribution in [3.05, 3.63) is 11.7 Å². The molecule has 0 N–H and O–H groups in total. The number of urea groups is 1. The van der Waals surface area contributed by atoms with Crippen molar-refractivity contribution < 1.29 is 14.1 Å². The van der Waals surface area contributed by atoms with Crippen molar-refractivity contribution >= 4 is 6.03 Å². The Morgan fingerprint density at radius 2 is 1.75 bits per heavy atom. The summed E-state index contributed by atoms with van der Waals surface area (Å²) in [4.78, 5) is 23.0. The second-order valence-corrected chi connectivity index (χ2v) is 6.85. The molecule has 0 bridgehead atoms. The van der Waals surface area contributed by atoms with Gasteiger partial charge in [0.05, 0.1) is 19.8 Å². The van der Waals surface area contributed by atoms with Crippen LogP contribution in [0.3, 0.4) is 0 Å². The van der Waals surface area contributed by atoms with Crippen molar-refractivity contribution in [3.8, 4) is 0 Å². The third-order valence-corrected chi connectivity index (χ3v) is 4.38. The standard InChI is InChI=1S/C16H27N5O3/c1-13(2)11-14-17-15(24-18-14)12-19-3-5-20(6-4-19)16(22)21-7-9-23-10-8-21/h13H,3-12H2,1-2H3. The molecule has 1 aromatic heterocycles. The van der Waals surface area contributed by atoms with E-state index in [-0.39, 0.29) is 6.03 Å². The monoisotopic (exact) mass is 337 g/mol. The Morgan fingerprint density at radius 1 is 1.08 bits per heavy atom. The number of hydrogen-bond donors (Lipinski definition) is 0. The van der Waals surface area contributed by atoms with Crippen LogP contribution in [-0.4, -0.2) is 83.4 Å². The van der Waals surface area contributed by atoms with Crippen LogP contribution in [0, 0.1) is 5.92 Å². The lowest BCUT2D eigenvalue weighted by Crippen LogP contribution is -2.54. The highest BCUT2D eigenvalue weighted by Gasteiger charge is 2.27. The molecular formula is C16H27N5O3. The van der Waals surface area contributed by atoms with Crippen LogP contribution in [0.5, 0.6) is 0 Å². The molecule has 2 amide bonds. The smallest absolute Gasteiger partial charge is 0.320 e. The van der Waals surface area contributed by atoms with Gasteiger partial charge < -0.3 is 19.1 Å². The molecule has 2 aliphatic heterocycles. The fourth-order valence-corrected chi connectivity index (χ4v) is 3.05. The van der Waals surface area contributed by atoms with Gasteiger partial charge in [-0.2, -0.15) is 4.98 Å². The van der Waals surface area contributed by atoms with Gasteiger partial charge in [0.25, 0.3) is 0 Å². The van der Waals surface area contributed by atoms with Crippen LogP contribution in [0.25, 0.3) is 0 Å². The van der Waals surface area contributed by atoms with Gasteiger partial charge in [-0.05, 0) is 5.92 Å². The predicted molar refractivity (Wildman–Crippen MR) is 87.5 cm³/mol. The maximum absolute atomic E-state index is 12.5. The molecule has 0 atom stereocenters. The van der Waals surface area contributed by atoms with Gasteiger partial charge in [0, 0.05) is 45.7 Å². The fraction of sp³-hybridized carbons (Fsp3) is 0.812. The minimum Gasteiger partial charge on any atom is -0.378 e. The van der Waals surface area contributed by atoms with Crippen LogP contribution in [0.2, 0.25) is 0 Å². The largest absolute Gasteiger partial charge is 0.378 e. The SMILES string of the molecule is CC(C)Cc1noc(CN2CCN(C(=O)N3CCOCC3)CC2)n1. The van der Waals surface area contributed by atoms with E-state index in [1.807, 2.05) is 9.80 Å². The van der Waals surface area contributed by atoms with Crippen LogP contribution < -0.4 is 0 Å². The summed E-state index contributed by atoms with van der Waals surface area (Å²) in [5.74, 6) is 1.96. The average Bonchev–Trinajstić information content (AvgIpc) is 3.02. The number of aromatic nitrogens is 2. The first kappa shape index (κ1) is 17.2. The fourth-order valence-electron chi connectivity index (χ4n) is 3.05. The predicted octanol–water partition coefficient (Wildman–Crippen LogP) is 0.838. The zero-order valence-electron chi connectivity index (χ0n) is 14.6. The van der Waals surface area contributed by atoms with Gasteiger partial charge in [-0.15, -0.1) is 0 Å². The molecule has 24 heavy (non-hydrogen) atoms. The molecule has 2 fully saturated rings. The topological polar surface area (TPSA) is 74.9 Å². The Labute approximate surface area is 142 Å². The van der Waals surface area contributed by atoms with Crippen molar-refractivity contribution in [1.82, 2.24) is 24.8 Å². The zero-order chi connectivity index (χ0) is 16.9. The number of morpholine rings is 1. The highest BCUT2D eigenvalue weighted by atomic mass is 16.5. The molecule has 0 unspecified atom stereocenters. The Kier molecular flexibility index (Phi) is 5.68. The Morgan fingerprint density at radius 3 is 2.42 bits per heavy atom. The average molecular weight is 337 g/mol. The number of rotatable bonds is 4. The Hall–Kier alpha value is -1.67. The second kappa shape index (κ2) is 7.94. The first-order valence-electron chi connectivity index (χ1n) is 8.77. The molecule has 0 aromatic carbocycles. The van der Waals surface area contributed by atoms with E-state index in [2.05, 4.69) is 28.9 Å². The Bertz CT molecular complexity index is 534. The maximum Gasteiger partial charge on any atom is 0.320 e. The molecule has 2 aliphatic rings. The van der Waals surface area contributed by atoms with Gasteiger partial charge >= 0.3 is 6.03 Å². The summed E-state index contributed by atoms with van der Waals surface area (Å²) in [6.07, 6.45) is 0.839. The molecule has 8 nitrogen and oxygen atoms in total. The van der Waals surface area contributed by atoms with E-state index >= 15 is 0 Å². The molecule has 1 aromatic rings. The molecule has 2 saturated heterocycles. The van der Waals surface area contributed by atoms with Crippen LogP contribution in [0.1, 0.15) is 25.6 Å². The summed E-state index contributed by atoms with van der Waals surface area (Å²) in [5, 5.41) is 4.03. The summed E-state index contributed by atoms with van der Waals surface area (Å²) in [6.45, 7) is 10.7. The first-order chi connectivity index (χ1) is 11.6. The minimum atomic E-state index is 0.134. The summed E-state index contributed by atoms with van der Waals surface area (Å²) in [6, 6.07) is 0.134. The molecule has 134 valence electrons. The van der Waals surface area contributed by atoms with Crippen LogP contribution >= 0.6 is 0 Å². The third kappa shape index (κ3) is 4.45. The third-order valence-electron chi connectivity index (χ3n) is 4.38. The summed E-state index contributed by atoms with van der Waals surface area (Å²) >= 11 is 0. The van der Waals surface area contributed by atoms with E-state index in [0.717, 1.165) is 38.4 Å². The highest BCUT2D eigenvalue weighted by molar-refractivity contribution is 5.74. The van der Waals surface area contributed by atoms with Gasteiger partial charge in [-0.1, -0.05) is 19.0 Å². The summed E-state index contributed by atoms with van der Waals surface area (Å²) in [5.41, 5.74) is 0. The van der Waals surface area contributed by atoms with Crippen molar-refractivity contribution in [2.24, 2.45) is 5.92 Å². The molecule has 0 radical (unpaired) electrons. The van der Waals surface area contributed by atoms with Crippen LogP contribution in [0.15, 0.2) is 4.52 Å². The van der Waals surface area contributed by atoms with Crippen LogP contribution in [0.4, 0.5) is 4.79 Å². The zero-order valence-corrected chi connectivity index (χ0v) is 14.6. The van der Waals surface area contributed by atoms with Crippen LogP contribution in [-0.2, 0) is 17.7 Å². The lowest BCUT2D eigenvalue weighted by molar-refractivity contribution is 0.0367. The van der Waals surface area contributed by atoms with Gasteiger partial charge in [0.1, 0.15) is 0 Å². The van der Waals surface area contributed by atoms with Gasteiger partial charge in [0.2, 0.25) is 5.89 Å². The van der Waals surface area contributed by atoms with E-state index in [1.54, 1.807) is 0 Å². The van der Waals surface area contributed by atoms with E-state index in [9.17, 15) is 4.79 Å². The first-order valence-corrected chi connectivity index (χ1v) is 8.77. The summed E-state index contributed by atoms with van der Waals surface area (Å²) < 4.78 is 10.6. The normalized spacial score (nSPS) is 20.0. The lowest BCUT2D eigenvalue weighted by atomic mass is 10.1. The number of amides is 2. The number of hydrogen-bond acceptors (Lipinski definition) is 6. The lowest BCUT2D eigenvalue weighted by Gasteiger charge is -2.38.